The molecule has 1 saturated heterocycles. The number of carbonyl (C=O) groups is 1. The van der Waals surface area contributed by atoms with Gasteiger partial charge in [-0.1, -0.05) is 6.92 Å². The van der Waals surface area contributed by atoms with Crippen LogP contribution in [0.15, 0.2) is 18.3 Å². The van der Waals surface area contributed by atoms with Gasteiger partial charge in [0, 0.05) is 38.1 Å². The fourth-order valence-electron chi connectivity index (χ4n) is 2.70. The van der Waals surface area contributed by atoms with Crippen LogP contribution in [0.1, 0.15) is 44.1 Å². The smallest absolute Gasteiger partial charge is 0.272 e. The predicted octanol–water partition coefficient (Wildman–Crippen LogP) is 2.80. The standard InChI is InChI=1S/C16H25N3O/c1-4-18(5-2)14-6-9-17-15(12-14)16(20)19-10-7-13(3)8-11-19/h6,9,12-13H,4-5,7-8,10-11H2,1-3H3. The quantitative estimate of drug-likeness (QED) is 0.848. The van der Waals surface area contributed by atoms with Gasteiger partial charge < -0.3 is 9.80 Å². The highest BCUT2D eigenvalue weighted by molar-refractivity contribution is 5.93. The van der Waals surface area contributed by atoms with Crippen LogP contribution in [0.2, 0.25) is 0 Å². The summed E-state index contributed by atoms with van der Waals surface area (Å²) in [6.07, 6.45) is 3.94. The molecule has 0 spiro atoms. The van der Waals surface area contributed by atoms with Crippen molar-refractivity contribution in [2.24, 2.45) is 5.92 Å². The molecule has 0 radical (unpaired) electrons. The van der Waals surface area contributed by atoms with Crippen molar-refractivity contribution in [3.8, 4) is 0 Å². The van der Waals surface area contributed by atoms with E-state index in [0.717, 1.165) is 50.6 Å². The normalized spacial score (nSPS) is 16.2. The number of carbonyl (C=O) groups excluding carboxylic acids is 1. The van der Waals surface area contributed by atoms with E-state index in [9.17, 15) is 4.79 Å². The van der Waals surface area contributed by atoms with Gasteiger partial charge in [0.2, 0.25) is 0 Å². The predicted molar refractivity (Wildman–Crippen MR) is 82.1 cm³/mol. The van der Waals surface area contributed by atoms with Crippen molar-refractivity contribution in [1.82, 2.24) is 9.88 Å². The lowest BCUT2D eigenvalue weighted by Crippen LogP contribution is -2.38. The molecule has 0 N–H and O–H groups in total. The number of likely N-dealkylation sites (tertiary alicyclic amines) is 1. The van der Waals surface area contributed by atoms with Gasteiger partial charge >= 0.3 is 0 Å². The van der Waals surface area contributed by atoms with Crippen molar-refractivity contribution in [2.45, 2.75) is 33.6 Å². The Morgan fingerprint density at radius 1 is 1.35 bits per heavy atom. The molecule has 1 aliphatic rings. The van der Waals surface area contributed by atoms with E-state index in [4.69, 9.17) is 0 Å². The van der Waals surface area contributed by atoms with Crippen LogP contribution in [0.5, 0.6) is 0 Å². The number of amides is 1. The van der Waals surface area contributed by atoms with Crippen LogP contribution in [0.3, 0.4) is 0 Å². The lowest BCUT2D eigenvalue weighted by atomic mass is 9.99. The molecule has 1 aromatic rings. The Morgan fingerprint density at radius 3 is 2.60 bits per heavy atom. The molecule has 0 aliphatic carbocycles. The molecule has 1 aromatic heterocycles. The van der Waals surface area contributed by atoms with Crippen LogP contribution < -0.4 is 4.90 Å². The third-order valence-electron chi connectivity index (χ3n) is 4.16. The number of pyridine rings is 1. The number of anilines is 1. The summed E-state index contributed by atoms with van der Waals surface area (Å²) in [4.78, 5) is 20.9. The molecule has 0 atom stereocenters. The molecule has 0 saturated carbocycles. The van der Waals surface area contributed by atoms with Gasteiger partial charge in [-0.2, -0.15) is 0 Å². The number of hydrogen-bond acceptors (Lipinski definition) is 3. The lowest BCUT2D eigenvalue weighted by molar-refractivity contribution is 0.0691. The van der Waals surface area contributed by atoms with Crippen LogP contribution in [0, 0.1) is 5.92 Å². The Kier molecular flexibility index (Phi) is 4.99. The van der Waals surface area contributed by atoms with Gasteiger partial charge in [-0.3, -0.25) is 9.78 Å². The molecule has 2 heterocycles. The zero-order chi connectivity index (χ0) is 14.5. The van der Waals surface area contributed by atoms with Gasteiger partial charge in [0.15, 0.2) is 0 Å². The average molecular weight is 275 g/mol. The Balaban J connectivity index is 2.12. The fourth-order valence-corrected chi connectivity index (χ4v) is 2.70. The maximum atomic E-state index is 12.5. The molecule has 110 valence electrons. The van der Waals surface area contributed by atoms with Crippen molar-refractivity contribution >= 4 is 11.6 Å². The molecule has 4 heteroatoms. The number of nitrogens with zero attached hydrogens (tertiary/aromatic N) is 3. The third kappa shape index (κ3) is 3.30. The van der Waals surface area contributed by atoms with E-state index in [-0.39, 0.29) is 5.91 Å². The Bertz CT molecular complexity index is 449. The summed E-state index contributed by atoms with van der Waals surface area (Å²) in [5.41, 5.74) is 1.66. The second-order valence-electron chi connectivity index (χ2n) is 5.55. The first-order chi connectivity index (χ1) is 9.65. The van der Waals surface area contributed by atoms with Crippen LogP contribution >= 0.6 is 0 Å². The SMILES string of the molecule is CCN(CC)c1ccnc(C(=O)N2CCC(C)CC2)c1. The van der Waals surface area contributed by atoms with Crippen LogP contribution in [-0.4, -0.2) is 42.0 Å². The monoisotopic (exact) mass is 275 g/mol. The summed E-state index contributed by atoms with van der Waals surface area (Å²) >= 11 is 0. The van der Waals surface area contributed by atoms with Crippen molar-refractivity contribution in [3.05, 3.63) is 24.0 Å². The van der Waals surface area contributed by atoms with E-state index in [1.807, 2.05) is 17.0 Å². The first kappa shape index (κ1) is 14.8. The molecule has 20 heavy (non-hydrogen) atoms. The molecular weight excluding hydrogens is 250 g/mol. The van der Waals surface area contributed by atoms with Crippen molar-refractivity contribution in [1.29, 1.82) is 0 Å². The Hall–Kier alpha value is -1.58. The maximum Gasteiger partial charge on any atom is 0.272 e. The average Bonchev–Trinajstić information content (AvgIpc) is 2.49. The molecule has 1 fully saturated rings. The Morgan fingerprint density at radius 2 is 2.00 bits per heavy atom. The minimum absolute atomic E-state index is 0.0749. The van der Waals surface area contributed by atoms with E-state index < -0.39 is 0 Å². The van der Waals surface area contributed by atoms with Gasteiger partial charge in [0.1, 0.15) is 5.69 Å². The molecule has 0 aromatic carbocycles. The van der Waals surface area contributed by atoms with Gasteiger partial charge in [0.05, 0.1) is 0 Å². The number of piperidine rings is 1. The van der Waals surface area contributed by atoms with Crippen LogP contribution in [0.4, 0.5) is 5.69 Å². The van der Waals surface area contributed by atoms with Crippen molar-refractivity contribution in [2.75, 3.05) is 31.1 Å². The minimum Gasteiger partial charge on any atom is -0.372 e. The molecule has 2 rings (SSSR count). The maximum absolute atomic E-state index is 12.5. The van der Waals surface area contributed by atoms with E-state index in [2.05, 4.69) is 30.7 Å². The highest BCUT2D eigenvalue weighted by Crippen LogP contribution is 2.19. The first-order valence-corrected chi connectivity index (χ1v) is 7.66. The van der Waals surface area contributed by atoms with E-state index in [1.54, 1.807) is 6.20 Å². The minimum atomic E-state index is 0.0749. The highest BCUT2D eigenvalue weighted by Gasteiger charge is 2.22. The van der Waals surface area contributed by atoms with Crippen LogP contribution in [-0.2, 0) is 0 Å². The summed E-state index contributed by atoms with van der Waals surface area (Å²) in [5, 5.41) is 0. The largest absolute Gasteiger partial charge is 0.372 e. The first-order valence-electron chi connectivity index (χ1n) is 7.66. The molecule has 0 bridgehead atoms. The lowest BCUT2D eigenvalue weighted by Gasteiger charge is -2.30. The molecule has 1 amide bonds. The zero-order valence-corrected chi connectivity index (χ0v) is 12.8. The zero-order valence-electron chi connectivity index (χ0n) is 12.8. The summed E-state index contributed by atoms with van der Waals surface area (Å²) in [7, 11) is 0. The summed E-state index contributed by atoms with van der Waals surface area (Å²) in [6.45, 7) is 10.1. The number of aromatic nitrogens is 1. The Labute approximate surface area is 121 Å². The molecule has 0 unspecified atom stereocenters. The van der Waals surface area contributed by atoms with Gasteiger partial charge in [-0.05, 0) is 44.7 Å². The molecular formula is C16H25N3O. The van der Waals surface area contributed by atoms with E-state index >= 15 is 0 Å². The summed E-state index contributed by atoms with van der Waals surface area (Å²) in [5.74, 6) is 0.805. The summed E-state index contributed by atoms with van der Waals surface area (Å²) in [6, 6.07) is 3.90. The number of hydrogen-bond donors (Lipinski definition) is 0. The second kappa shape index (κ2) is 6.73. The highest BCUT2D eigenvalue weighted by atomic mass is 16.2. The summed E-state index contributed by atoms with van der Waals surface area (Å²) < 4.78 is 0. The van der Waals surface area contributed by atoms with E-state index in [1.165, 1.54) is 0 Å². The van der Waals surface area contributed by atoms with Gasteiger partial charge in [-0.15, -0.1) is 0 Å². The van der Waals surface area contributed by atoms with Gasteiger partial charge in [0.25, 0.3) is 5.91 Å². The van der Waals surface area contributed by atoms with Crippen LogP contribution in [0.25, 0.3) is 0 Å². The van der Waals surface area contributed by atoms with E-state index in [0.29, 0.717) is 5.69 Å². The fraction of sp³-hybridized carbons (Fsp3) is 0.625. The molecule has 1 aliphatic heterocycles. The third-order valence-corrected chi connectivity index (χ3v) is 4.16. The van der Waals surface area contributed by atoms with Crippen molar-refractivity contribution in [3.63, 3.8) is 0 Å². The number of rotatable bonds is 4. The second-order valence-corrected chi connectivity index (χ2v) is 5.55. The topological polar surface area (TPSA) is 36.4 Å². The van der Waals surface area contributed by atoms with Crippen molar-refractivity contribution < 1.29 is 4.79 Å². The van der Waals surface area contributed by atoms with Gasteiger partial charge in [-0.25, -0.2) is 0 Å². The molecule has 4 nitrogen and oxygen atoms in total.